The second-order valence-corrected chi connectivity index (χ2v) is 9.92. The second-order valence-electron chi connectivity index (χ2n) is 8.35. The number of carbonyl (C=O) groups is 2. The summed E-state index contributed by atoms with van der Waals surface area (Å²) in [6.07, 6.45) is 2.52. The number of thiophene rings is 1. The van der Waals surface area contributed by atoms with E-state index in [1.54, 1.807) is 17.5 Å². The molecule has 0 spiro atoms. The third-order valence-electron chi connectivity index (χ3n) is 6.00. The summed E-state index contributed by atoms with van der Waals surface area (Å²) in [5.41, 5.74) is 3.73. The monoisotopic (exact) mass is 484 g/mol. The van der Waals surface area contributed by atoms with Crippen molar-refractivity contribution in [3.8, 4) is 16.9 Å². The van der Waals surface area contributed by atoms with Gasteiger partial charge >= 0.3 is 0 Å². The van der Waals surface area contributed by atoms with Gasteiger partial charge < -0.3 is 20.3 Å². The van der Waals surface area contributed by atoms with Crippen molar-refractivity contribution in [3.05, 3.63) is 45.9 Å². The van der Waals surface area contributed by atoms with Crippen LogP contribution < -0.4 is 15.4 Å². The van der Waals surface area contributed by atoms with Gasteiger partial charge in [-0.25, -0.2) is 0 Å². The van der Waals surface area contributed by atoms with E-state index in [0.29, 0.717) is 31.1 Å². The van der Waals surface area contributed by atoms with Crippen LogP contribution in [0.5, 0.6) is 5.75 Å². The molecule has 0 bridgehead atoms. The molecule has 2 aliphatic rings. The average Bonchev–Trinajstić information content (AvgIpc) is 3.42. The zero-order valence-corrected chi connectivity index (χ0v) is 19.9. The molecule has 4 heterocycles. The molecule has 1 unspecified atom stereocenters. The van der Waals surface area contributed by atoms with E-state index in [1.165, 1.54) is 6.92 Å². The van der Waals surface area contributed by atoms with Gasteiger partial charge in [-0.1, -0.05) is 11.6 Å². The molecule has 33 heavy (non-hydrogen) atoms. The molecule has 3 aromatic rings. The molecule has 2 amide bonds. The highest BCUT2D eigenvalue weighted by atomic mass is 35.5. The first-order valence-corrected chi connectivity index (χ1v) is 12.3. The number of hydrogen-bond acceptors (Lipinski definition) is 6. The van der Waals surface area contributed by atoms with Crippen LogP contribution in [0.15, 0.2) is 30.5 Å². The number of fused-ring (bicyclic) bond motifs is 2. The standard InChI is InChI=1S/C24H25ClN4O3S/c1-14(30)27-4-2-17-13-20-23(33-17)18(3-5-28-20)19-12-16(25)10-15-11-21(32-22(15)19)24(31)29-8-6-26-7-9-29/h3,5,10,12-13,21,26H,2,4,6-9,11H2,1H3,(H,27,30). The summed E-state index contributed by atoms with van der Waals surface area (Å²) >= 11 is 8.15. The zero-order valence-electron chi connectivity index (χ0n) is 18.3. The second kappa shape index (κ2) is 9.29. The molecule has 172 valence electrons. The SMILES string of the molecule is CC(=O)NCCc1cc2nccc(-c3cc(Cl)cc4c3OC(C(=O)N3CCNCC3)C4)c2s1. The zero-order chi connectivity index (χ0) is 22.9. The van der Waals surface area contributed by atoms with Crippen LogP contribution in [-0.2, 0) is 22.4 Å². The Balaban J connectivity index is 1.46. The molecule has 1 atom stereocenters. The predicted molar refractivity (Wildman–Crippen MR) is 130 cm³/mol. The van der Waals surface area contributed by atoms with Crippen LogP contribution in [0.4, 0.5) is 0 Å². The third kappa shape index (κ3) is 4.55. The number of aromatic nitrogens is 1. The third-order valence-corrected chi connectivity index (χ3v) is 7.43. The fraction of sp³-hybridized carbons (Fsp3) is 0.375. The minimum Gasteiger partial charge on any atom is -0.479 e. The Morgan fingerprint density at radius 3 is 2.88 bits per heavy atom. The fourth-order valence-corrected chi connectivity index (χ4v) is 5.82. The Bertz CT molecular complexity index is 1220. The van der Waals surface area contributed by atoms with E-state index >= 15 is 0 Å². The summed E-state index contributed by atoms with van der Waals surface area (Å²) in [6.45, 7) is 5.11. The van der Waals surface area contributed by atoms with E-state index in [-0.39, 0.29) is 11.8 Å². The Morgan fingerprint density at radius 1 is 1.27 bits per heavy atom. The summed E-state index contributed by atoms with van der Waals surface area (Å²) < 4.78 is 7.32. The summed E-state index contributed by atoms with van der Waals surface area (Å²) in [6, 6.07) is 7.84. The lowest BCUT2D eigenvalue weighted by Crippen LogP contribution is -2.50. The van der Waals surface area contributed by atoms with E-state index in [4.69, 9.17) is 16.3 Å². The van der Waals surface area contributed by atoms with Gasteiger partial charge in [0.1, 0.15) is 5.75 Å². The van der Waals surface area contributed by atoms with Gasteiger partial charge in [0, 0.05) is 78.9 Å². The number of carbonyl (C=O) groups excluding carboxylic acids is 2. The topological polar surface area (TPSA) is 83.6 Å². The molecule has 1 fully saturated rings. The van der Waals surface area contributed by atoms with Crippen molar-refractivity contribution in [2.75, 3.05) is 32.7 Å². The number of benzene rings is 1. The highest BCUT2D eigenvalue weighted by Gasteiger charge is 2.35. The molecule has 5 rings (SSSR count). The van der Waals surface area contributed by atoms with Crippen molar-refractivity contribution in [1.29, 1.82) is 0 Å². The highest BCUT2D eigenvalue weighted by molar-refractivity contribution is 7.19. The highest BCUT2D eigenvalue weighted by Crippen LogP contribution is 2.44. The number of piperazine rings is 1. The molecule has 1 aromatic carbocycles. The molecular formula is C24H25ClN4O3S. The number of amides is 2. The normalized spacial score (nSPS) is 17.6. The largest absolute Gasteiger partial charge is 0.479 e. The summed E-state index contributed by atoms with van der Waals surface area (Å²) in [5, 5.41) is 6.73. The van der Waals surface area contributed by atoms with Gasteiger partial charge in [0.2, 0.25) is 5.91 Å². The molecule has 2 aromatic heterocycles. The number of ether oxygens (including phenoxy) is 1. The van der Waals surface area contributed by atoms with E-state index in [2.05, 4.69) is 21.7 Å². The first-order chi connectivity index (χ1) is 16.0. The minimum atomic E-state index is -0.524. The molecular weight excluding hydrogens is 460 g/mol. The van der Waals surface area contributed by atoms with Crippen molar-refractivity contribution in [2.24, 2.45) is 0 Å². The molecule has 1 saturated heterocycles. The van der Waals surface area contributed by atoms with Gasteiger partial charge in [0.15, 0.2) is 6.10 Å². The first-order valence-electron chi connectivity index (χ1n) is 11.1. The number of pyridine rings is 1. The number of rotatable bonds is 5. The first kappa shape index (κ1) is 22.1. The van der Waals surface area contributed by atoms with Crippen LogP contribution in [0.25, 0.3) is 21.3 Å². The van der Waals surface area contributed by atoms with Crippen LogP contribution in [0.2, 0.25) is 5.02 Å². The van der Waals surface area contributed by atoms with Crippen molar-refractivity contribution in [2.45, 2.75) is 25.9 Å². The quantitative estimate of drug-likeness (QED) is 0.581. The van der Waals surface area contributed by atoms with E-state index in [0.717, 1.165) is 57.0 Å². The van der Waals surface area contributed by atoms with Crippen molar-refractivity contribution in [1.82, 2.24) is 20.5 Å². The van der Waals surface area contributed by atoms with Crippen LogP contribution in [0.3, 0.4) is 0 Å². The molecule has 9 heteroatoms. The van der Waals surface area contributed by atoms with Crippen molar-refractivity contribution in [3.63, 3.8) is 0 Å². The van der Waals surface area contributed by atoms with Crippen LogP contribution in [-0.4, -0.2) is 60.5 Å². The smallest absolute Gasteiger partial charge is 0.264 e. The lowest BCUT2D eigenvalue weighted by atomic mass is 10.0. The molecule has 0 aliphatic carbocycles. The van der Waals surface area contributed by atoms with E-state index < -0.39 is 6.10 Å². The summed E-state index contributed by atoms with van der Waals surface area (Å²) in [7, 11) is 0. The summed E-state index contributed by atoms with van der Waals surface area (Å²) in [5.74, 6) is 0.728. The lowest BCUT2D eigenvalue weighted by molar-refractivity contribution is -0.138. The Hall–Kier alpha value is -2.68. The van der Waals surface area contributed by atoms with Gasteiger partial charge in [-0.3, -0.25) is 14.6 Å². The van der Waals surface area contributed by atoms with E-state index in [1.807, 2.05) is 23.1 Å². The number of nitrogens with zero attached hydrogens (tertiary/aromatic N) is 2. The number of halogens is 1. The maximum absolute atomic E-state index is 13.1. The minimum absolute atomic E-state index is 0.0334. The van der Waals surface area contributed by atoms with E-state index in [9.17, 15) is 9.59 Å². The van der Waals surface area contributed by atoms with Gasteiger partial charge in [-0.2, -0.15) is 0 Å². The molecule has 0 radical (unpaired) electrons. The Kier molecular flexibility index (Phi) is 6.23. The Morgan fingerprint density at radius 2 is 2.09 bits per heavy atom. The predicted octanol–water partition coefficient (Wildman–Crippen LogP) is 3.03. The maximum atomic E-state index is 13.1. The van der Waals surface area contributed by atoms with Crippen LogP contribution in [0.1, 0.15) is 17.4 Å². The molecule has 0 saturated carbocycles. The summed E-state index contributed by atoms with van der Waals surface area (Å²) in [4.78, 5) is 31.8. The fourth-order valence-electron chi connectivity index (χ4n) is 4.44. The van der Waals surface area contributed by atoms with Crippen molar-refractivity contribution >= 4 is 45.0 Å². The number of hydrogen-bond donors (Lipinski definition) is 2. The molecule has 2 aliphatic heterocycles. The maximum Gasteiger partial charge on any atom is 0.264 e. The van der Waals surface area contributed by atoms with Gasteiger partial charge in [-0.15, -0.1) is 11.3 Å². The van der Waals surface area contributed by atoms with Gasteiger partial charge in [0.05, 0.1) is 10.2 Å². The van der Waals surface area contributed by atoms with Crippen molar-refractivity contribution < 1.29 is 14.3 Å². The Labute approximate surface area is 201 Å². The van der Waals surface area contributed by atoms with Gasteiger partial charge in [0.25, 0.3) is 5.91 Å². The van der Waals surface area contributed by atoms with Crippen LogP contribution >= 0.6 is 22.9 Å². The average molecular weight is 485 g/mol. The van der Waals surface area contributed by atoms with Crippen LogP contribution in [0, 0.1) is 0 Å². The lowest BCUT2D eigenvalue weighted by Gasteiger charge is -2.29. The number of nitrogens with one attached hydrogen (secondary N) is 2. The molecule has 2 N–H and O–H groups in total. The molecule has 7 nitrogen and oxygen atoms in total. The van der Waals surface area contributed by atoms with Gasteiger partial charge in [-0.05, 0) is 30.7 Å².